The molecule has 17 heavy (non-hydrogen) atoms. The van der Waals surface area contributed by atoms with Crippen LogP contribution in [0, 0.1) is 5.92 Å². The quantitative estimate of drug-likeness (QED) is 0.725. The number of Topliss-reactive ketones (excluding diaryl/α,β-unsaturated/α-hetero) is 1. The summed E-state index contributed by atoms with van der Waals surface area (Å²) in [5.74, 6) is -0.143. The first kappa shape index (κ1) is 10.5. The summed E-state index contributed by atoms with van der Waals surface area (Å²) in [5.41, 5.74) is 1.10. The third-order valence-electron chi connectivity index (χ3n) is 3.80. The Hall–Kier alpha value is -1.64. The maximum atomic E-state index is 12.1. The van der Waals surface area contributed by atoms with E-state index in [2.05, 4.69) is 0 Å². The van der Waals surface area contributed by atoms with E-state index >= 15 is 0 Å². The average Bonchev–Trinajstić information content (AvgIpc) is 2.51. The van der Waals surface area contributed by atoms with Gasteiger partial charge in [-0.25, -0.2) is 0 Å². The molecule has 1 aromatic carbocycles. The molecule has 2 aliphatic rings. The molecule has 2 atom stereocenters. The molecule has 0 aromatic heterocycles. The van der Waals surface area contributed by atoms with Crippen LogP contribution in [0.2, 0.25) is 0 Å². The summed E-state index contributed by atoms with van der Waals surface area (Å²) < 4.78 is 0. The van der Waals surface area contributed by atoms with Crippen molar-refractivity contribution in [2.24, 2.45) is 5.92 Å². The Morgan fingerprint density at radius 3 is 2.59 bits per heavy atom. The Balaban J connectivity index is 1.84. The van der Waals surface area contributed by atoms with Crippen molar-refractivity contribution in [3.8, 4) is 0 Å². The summed E-state index contributed by atoms with van der Waals surface area (Å²) in [6.45, 7) is 0.576. The molecule has 0 N–H and O–H groups in total. The molecule has 0 spiro atoms. The van der Waals surface area contributed by atoms with Crippen LogP contribution in [0.5, 0.6) is 0 Å². The molecule has 0 unspecified atom stereocenters. The van der Waals surface area contributed by atoms with Gasteiger partial charge in [-0.1, -0.05) is 30.3 Å². The minimum absolute atomic E-state index is 0.0429. The number of carbonyl (C=O) groups excluding carboxylic acids is 2. The Bertz CT molecular complexity index is 455. The lowest BCUT2D eigenvalue weighted by Crippen LogP contribution is -2.34. The van der Waals surface area contributed by atoms with Crippen LogP contribution in [-0.4, -0.2) is 22.6 Å². The van der Waals surface area contributed by atoms with E-state index in [0.717, 1.165) is 24.8 Å². The molecule has 1 amide bonds. The van der Waals surface area contributed by atoms with Crippen LogP contribution in [-0.2, 0) is 16.1 Å². The third-order valence-corrected chi connectivity index (χ3v) is 3.80. The normalized spacial score (nSPS) is 27.6. The molecule has 3 nitrogen and oxygen atoms in total. The maximum Gasteiger partial charge on any atom is 0.234 e. The number of nitrogens with zero attached hydrogens (tertiary/aromatic N) is 1. The van der Waals surface area contributed by atoms with E-state index in [-0.39, 0.29) is 23.7 Å². The second kappa shape index (κ2) is 3.99. The topological polar surface area (TPSA) is 37.4 Å². The van der Waals surface area contributed by atoms with Gasteiger partial charge in [-0.15, -0.1) is 0 Å². The Morgan fingerprint density at radius 2 is 1.88 bits per heavy atom. The molecule has 2 fully saturated rings. The molecule has 88 valence electrons. The zero-order valence-electron chi connectivity index (χ0n) is 9.63. The van der Waals surface area contributed by atoms with Gasteiger partial charge in [0.1, 0.15) is 0 Å². The number of amides is 1. The van der Waals surface area contributed by atoms with Crippen molar-refractivity contribution in [2.45, 2.75) is 31.8 Å². The number of hydrogen-bond acceptors (Lipinski definition) is 2. The fourth-order valence-electron chi connectivity index (χ4n) is 2.91. The molecular weight excluding hydrogens is 214 g/mol. The predicted molar refractivity (Wildman–Crippen MR) is 63.1 cm³/mol. The molecule has 3 rings (SSSR count). The molecule has 1 aliphatic carbocycles. The monoisotopic (exact) mass is 229 g/mol. The zero-order chi connectivity index (χ0) is 11.8. The van der Waals surface area contributed by atoms with Gasteiger partial charge in [0.05, 0.1) is 12.0 Å². The van der Waals surface area contributed by atoms with E-state index in [9.17, 15) is 9.59 Å². The molecule has 1 aromatic rings. The molecule has 3 heteroatoms. The Kier molecular flexibility index (Phi) is 2.46. The highest BCUT2D eigenvalue weighted by molar-refractivity contribution is 6.10. The van der Waals surface area contributed by atoms with Crippen LogP contribution in [0.25, 0.3) is 0 Å². The van der Waals surface area contributed by atoms with Gasteiger partial charge < -0.3 is 4.90 Å². The number of hydrogen-bond donors (Lipinski definition) is 0. The number of fused-ring (bicyclic) bond motifs is 2. The molecule has 1 saturated heterocycles. The number of likely N-dealkylation sites (tertiary alicyclic amines) is 1. The van der Waals surface area contributed by atoms with Gasteiger partial charge in [0.25, 0.3) is 0 Å². The van der Waals surface area contributed by atoms with Crippen LogP contribution in [0.15, 0.2) is 30.3 Å². The van der Waals surface area contributed by atoms with E-state index in [1.807, 2.05) is 30.3 Å². The first-order chi connectivity index (χ1) is 8.27. The van der Waals surface area contributed by atoms with Gasteiger partial charge in [0, 0.05) is 6.54 Å². The molecule has 0 radical (unpaired) electrons. The number of ketones is 1. The minimum atomic E-state index is -0.336. The lowest BCUT2D eigenvalue weighted by atomic mass is 9.89. The van der Waals surface area contributed by atoms with E-state index in [1.165, 1.54) is 0 Å². The second-order valence-corrected chi connectivity index (χ2v) is 4.85. The number of carbonyl (C=O) groups is 2. The average molecular weight is 229 g/mol. The smallest absolute Gasteiger partial charge is 0.234 e. The van der Waals surface area contributed by atoms with E-state index < -0.39 is 0 Å². The largest absolute Gasteiger partial charge is 0.328 e. The van der Waals surface area contributed by atoms with Crippen LogP contribution >= 0.6 is 0 Å². The Morgan fingerprint density at radius 1 is 1.12 bits per heavy atom. The number of rotatable bonds is 2. The van der Waals surface area contributed by atoms with Crippen molar-refractivity contribution in [1.82, 2.24) is 4.90 Å². The van der Waals surface area contributed by atoms with Crippen molar-refractivity contribution in [3.05, 3.63) is 35.9 Å². The molecule has 2 bridgehead atoms. The van der Waals surface area contributed by atoms with Gasteiger partial charge in [-0.2, -0.15) is 0 Å². The fourth-order valence-corrected chi connectivity index (χ4v) is 2.91. The SMILES string of the molecule is O=C1[C@H]2CCC[C@@H]1N(Cc1ccccc1)C2=O. The summed E-state index contributed by atoms with van der Waals surface area (Å²) in [4.78, 5) is 25.8. The summed E-state index contributed by atoms with van der Waals surface area (Å²) in [5, 5.41) is 0. The van der Waals surface area contributed by atoms with Crippen molar-refractivity contribution in [1.29, 1.82) is 0 Å². The molecular formula is C14H15NO2. The van der Waals surface area contributed by atoms with Gasteiger partial charge in [-0.05, 0) is 24.8 Å². The van der Waals surface area contributed by atoms with Crippen LogP contribution < -0.4 is 0 Å². The van der Waals surface area contributed by atoms with Crippen LogP contribution in [0.4, 0.5) is 0 Å². The van der Waals surface area contributed by atoms with Crippen molar-refractivity contribution in [3.63, 3.8) is 0 Å². The highest BCUT2D eigenvalue weighted by Crippen LogP contribution is 2.34. The molecule has 1 heterocycles. The first-order valence-corrected chi connectivity index (χ1v) is 6.15. The summed E-state index contributed by atoms with van der Waals surface area (Å²) >= 11 is 0. The van der Waals surface area contributed by atoms with Gasteiger partial charge in [-0.3, -0.25) is 9.59 Å². The van der Waals surface area contributed by atoms with Gasteiger partial charge >= 0.3 is 0 Å². The second-order valence-electron chi connectivity index (χ2n) is 4.85. The standard InChI is InChI=1S/C14H15NO2/c16-13-11-7-4-8-12(13)15(14(11)17)9-10-5-2-1-3-6-10/h1-3,5-6,11-12H,4,7-9H2/t11-,12+/m1/s1. The zero-order valence-corrected chi connectivity index (χ0v) is 9.63. The Labute approximate surface area is 100 Å². The predicted octanol–water partition coefficient (Wildman–Crippen LogP) is 1.77. The van der Waals surface area contributed by atoms with Gasteiger partial charge in [0.2, 0.25) is 5.91 Å². The van der Waals surface area contributed by atoms with Crippen molar-refractivity contribution >= 4 is 11.7 Å². The minimum Gasteiger partial charge on any atom is -0.328 e. The van der Waals surface area contributed by atoms with E-state index in [4.69, 9.17) is 0 Å². The number of benzene rings is 1. The highest BCUT2D eigenvalue weighted by atomic mass is 16.2. The fraction of sp³-hybridized carbons (Fsp3) is 0.429. The lowest BCUT2D eigenvalue weighted by molar-refractivity contribution is -0.132. The maximum absolute atomic E-state index is 12.1. The van der Waals surface area contributed by atoms with E-state index in [1.54, 1.807) is 4.90 Å². The summed E-state index contributed by atoms with van der Waals surface area (Å²) in [7, 11) is 0. The van der Waals surface area contributed by atoms with Crippen molar-refractivity contribution in [2.75, 3.05) is 0 Å². The molecule has 1 saturated carbocycles. The summed E-state index contributed by atoms with van der Waals surface area (Å²) in [6, 6.07) is 9.73. The highest BCUT2D eigenvalue weighted by Gasteiger charge is 2.48. The lowest BCUT2D eigenvalue weighted by Gasteiger charge is -2.23. The van der Waals surface area contributed by atoms with Gasteiger partial charge in [0.15, 0.2) is 5.78 Å². The first-order valence-electron chi connectivity index (χ1n) is 6.15. The summed E-state index contributed by atoms with van der Waals surface area (Å²) in [6.07, 6.45) is 2.59. The van der Waals surface area contributed by atoms with Crippen molar-refractivity contribution < 1.29 is 9.59 Å². The third kappa shape index (κ3) is 1.66. The molecule has 1 aliphatic heterocycles. The van der Waals surface area contributed by atoms with Crippen LogP contribution in [0.3, 0.4) is 0 Å². The van der Waals surface area contributed by atoms with E-state index in [0.29, 0.717) is 6.54 Å². The van der Waals surface area contributed by atoms with Crippen LogP contribution in [0.1, 0.15) is 24.8 Å².